The molecule has 0 aliphatic carbocycles. The van der Waals surface area contributed by atoms with Crippen LogP contribution in [0.2, 0.25) is 13.1 Å². The molecule has 0 atom stereocenters. The van der Waals surface area contributed by atoms with E-state index < -0.39 is 15.4 Å². The zero-order valence-electron chi connectivity index (χ0n) is 12.7. The Hall–Kier alpha value is 0.133. The van der Waals surface area contributed by atoms with Crippen molar-refractivity contribution in [1.29, 1.82) is 0 Å². The minimum atomic E-state index is -0.639. The van der Waals surface area contributed by atoms with E-state index in [2.05, 4.69) is 75.5 Å². The van der Waals surface area contributed by atoms with E-state index in [1.54, 1.807) is 0 Å². The molecule has 20 heavy (non-hydrogen) atoms. The van der Waals surface area contributed by atoms with Gasteiger partial charge in [-0.3, -0.25) is 0 Å². The van der Waals surface area contributed by atoms with Gasteiger partial charge in [-0.25, -0.2) is 12.1 Å². The molecule has 0 unspecified atom stereocenters. The van der Waals surface area contributed by atoms with Crippen molar-refractivity contribution in [2.24, 2.45) is 0 Å². The van der Waals surface area contributed by atoms with Crippen molar-refractivity contribution in [2.45, 2.75) is 39.8 Å². The first-order valence-corrected chi connectivity index (χ1v) is 15.3. The maximum atomic E-state index is 4.90. The number of aryl methyl sites for hydroxylation is 2. The van der Waals surface area contributed by atoms with E-state index in [4.69, 9.17) is 19.3 Å². The topological polar surface area (TPSA) is 0 Å². The summed E-state index contributed by atoms with van der Waals surface area (Å²) in [7, 11) is 10.6. The molecule has 0 fully saturated rings. The third-order valence-corrected chi connectivity index (χ3v) is 2.28. The van der Waals surface area contributed by atoms with Gasteiger partial charge < -0.3 is 0 Å². The third-order valence-electron chi connectivity index (χ3n) is 2.28. The van der Waals surface area contributed by atoms with E-state index in [0.717, 1.165) is 22.4 Å². The molecule has 0 aromatic heterocycles. The number of hydrogen-bond acceptors (Lipinski definition) is 0. The number of hydrogen-bond donors (Lipinski definition) is 0. The van der Waals surface area contributed by atoms with Gasteiger partial charge >= 0.3 is 34.7 Å². The van der Waals surface area contributed by atoms with Crippen LogP contribution < -0.4 is 0 Å². The van der Waals surface area contributed by atoms with Crippen LogP contribution in [0.5, 0.6) is 0 Å². The molecule has 2 rings (SSSR count). The summed E-state index contributed by atoms with van der Waals surface area (Å²) in [5.41, 5.74) is 2.86. The molecule has 0 N–H and O–H groups in total. The van der Waals surface area contributed by atoms with Crippen LogP contribution in [0.1, 0.15) is 25.0 Å². The van der Waals surface area contributed by atoms with Crippen molar-refractivity contribution < 1.29 is 15.4 Å². The van der Waals surface area contributed by atoms with Crippen molar-refractivity contribution in [2.75, 3.05) is 0 Å². The van der Waals surface area contributed by atoms with Gasteiger partial charge in [-0.2, -0.15) is 47.5 Å². The average molecular weight is 507 g/mol. The van der Waals surface area contributed by atoms with Crippen molar-refractivity contribution in [3.05, 3.63) is 59.7 Å². The van der Waals surface area contributed by atoms with Crippen LogP contribution in [0, 0.1) is 0 Å². The molecule has 0 aliphatic heterocycles. The molecule has 0 bridgehead atoms. The Morgan fingerprint density at radius 2 is 1.25 bits per heavy atom. The summed E-state index contributed by atoms with van der Waals surface area (Å²) < 4.78 is 0. The first-order valence-electron chi connectivity index (χ1n) is 6.70. The van der Waals surface area contributed by atoms with Crippen LogP contribution in [0.3, 0.4) is 0 Å². The Labute approximate surface area is 143 Å². The summed E-state index contributed by atoms with van der Waals surface area (Å²) in [5.74, 6) is 0. The summed E-state index contributed by atoms with van der Waals surface area (Å²) in [4.78, 5) is 0. The minimum absolute atomic E-state index is 0.639. The Bertz CT molecular complexity index is 308. The second kappa shape index (κ2) is 19.1. The average Bonchev–Trinajstić information content (AvgIpc) is 3.14. The third kappa shape index (κ3) is 16.2. The molecule has 1 radical (unpaired) electrons. The Morgan fingerprint density at radius 3 is 1.35 bits per heavy atom. The summed E-state index contributed by atoms with van der Waals surface area (Å²) in [6.07, 6.45) is 2.32. The van der Waals surface area contributed by atoms with Crippen LogP contribution in [-0.4, -0.2) is 9.52 Å². The predicted octanol–water partition coefficient (Wildman–Crippen LogP) is 5.83. The fraction of sp³-hybridized carbons (Fsp3) is 0.375. The van der Waals surface area contributed by atoms with Gasteiger partial charge in [-0.05, 0) is 0 Å². The van der Waals surface area contributed by atoms with Crippen LogP contribution in [0.25, 0.3) is 0 Å². The molecule has 117 valence electrons. The molecule has 0 aliphatic rings. The van der Waals surface area contributed by atoms with Gasteiger partial charge in [0.15, 0.2) is 0 Å². The zero-order chi connectivity index (χ0) is 15.6. The summed E-state index contributed by atoms with van der Waals surface area (Å²) in [6.45, 7) is 8.74. The van der Waals surface area contributed by atoms with Gasteiger partial charge in [0, 0.05) is 9.52 Å². The van der Waals surface area contributed by atoms with Crippen molar-refractivity contribution in [3.63, 3.8) is 0 Å². The zero-order valence-corrected chi connectivity index (χ0v) is 17.9. The van der Waals surface area contributed by atoms with Crippen LogP contribution in [-0.2, 0) is 28.2 Å². The fourth-order valence-corrected chi connectivity index (χ4v) is 1.30. The second-order valence-corrected chi connectivity index (χ2v) is 8.75. The predicted molar refractivity (Wildman–Crippen MR) is 93.4 cm³/mol. The maximum absolute atomic E-state index is 4.90. The molecular formula is C16H25Cl2OsSi-2. The first kappa shape index (κ1) is 22.4. The Kier molecular flexibility index (Phi) is 21.4. The van der Waals surface area contributed by atoms with Gasteiger partial charge in [0.25, 0.3) is 0 Å². The van der Waals surface area contributed by atoms with Gasteiger partial charge in [-0.15, -0.1) is 0 Å². The Morgan fingerprint density at radius 1 is 0.950 bits per heavy atom. The van der Waals surface area contributed by atoms with E-state index in [1.165, 1.54) is 11.1 Å². The monoisotopic (exact) mass is 507 g/mol. The van der Waals surface area contributed by atoms with Crippen molar-refractivity contribution in [1.82, 2.24) is 0 Å². The SMILES string of the molecule is CCc1cc[cH-]c1.CCc1cc[cH-]c1.C[SiH]C.[Cl][Os][Cl]. The summed E-state index contributed by atoms with van der Waals surface area (Å²) in [5, 5.41) is 0. The summed E-state index contributed by atoms with van der Waals surface area (Å²) >= 11 is -0.639. The van der Waals surface area contributed by atoms with E-state index in [0.29, 0.717) is 0 Å². The van der Waals surface area contributed by atoms with Gasteiger partial charge in [0.2, 0.25) is 0 Å². The molecule has 2 aromatic carbocycles. The van der Waals surface area contributed by atoms with E-state index in [9.17, 15) is 0 Å². The molecule has 0 spiro atoms. The van der Waals surface area contributed by atoms with E-state index in [1.807, 2.05) is 0 Å². The van der Waals surface area contributed by atoms with Crippen LogP contribution in [0.15, 0.2) is 48.5 Å². The molecule has 0 amide bonds. The molecule has 4 heteroatoms. The molecule has 0 saturated carbocycles. The Balaban J connectivity index is 0. The van der Waals surface area contributed by atoms with Gasteiger partial charge in [-0.1, -0.05) is 39.8 Å². The summed E-state index contributed by atoms with van der Waals surface area (Å²) in [6, 6.07) is 16.8. The first-order chi connectivity index (χ1) is 9.69. The molecular weight excluding hydrogens is 481 g/mol. The normalized spacial score (nSPS) is 8.50. The molecule has 0 saturated heterocycles. The van der Waals surface area contributed by atoms with Crippen LogP contribution in [0.4, 0.5) is 0 Å². The second-order valence-electron chi connectivity index (χ2n) is 3.92. The van der Waals surface area contributed by atoms with E-state index in [-0.39, 0.29) is 0 Å². The molecule has 0 heterocycles. The number of halogens is 2. The molecule has 2 aromatic rings. The van der Waals surface area contributed by atoms with Gasteiger partial charge in [0.05, 0.1) is 0 Å². The van der Waals surface area contributed by atoms with Gasteiger partial charge in [0.1, 0.15) is 0 Å². The standard InChI is InChI=1S/2C7H9.C2H7Si.2ClH.Os/c2*1-2-7-5-3-4-6-7;1-3-2;;;/h2*3-6H,2H2,1H3;3H,1-2H3;2*1H;/q2*-1;;;;+2/p-2. The van der Waals surface area contributed by atoms with Crippen molar-refractivity contribution in [3.8, 4) is 0 Å². The quantitative estimate of drug-likeness (QED) is 0.355. The van der Waals surface area contributed by atoms with Crippen LogP contribution >= 0.6 is 19.3 Å². The number of rotatable bonds is 2. The fourth-order valence-electron chi connectivity index (χ4n) is 1.30. The van der Waals surface area contributed by atoms with Crippen molar-refractivity contribution >= 4 is 28.8 Å². The van der Waals surface area contributed by atoms with E-state index >= 15 is 0 Å². The molecule has 0 nitrogen and oxygen atoms in total.